The number of rotatable bonds is 4. The normalized spacial score (nSPS) is 12.2. The standard InChI is InChI=1S/C15H14BrFO2/c1-19-12-5-3-11(4-6-12)15(18)9-10-2-7-14(17)13(16)8-10/h2-8,15,18H,9H2,1H3. The van der Waals surface area contributed by atoms with Crippen LogP contribution in [0.15, 0.2) is 46.9 Å². The van der Waals surface area contributed by atoms with Crippen LogP contribution in [0.25, 0.3) is 0 Å². The van der Waals surface area contributed by atoms with Crippen LogP contribution in [0.2, 0.25) is 0 Å². The molecule has 4 heteroatoms. The largest absolute Gasteiger partial charge is 0.497 e. The van der Waals surface area contributed by atoms with Crippen molar-refractivity contribution in [1.29, 1.82) is 0 Å². The second-order valence-corrected chi connectivity index (χ2v) is 5.10. The van der Waals surface area contributed by atoms with Gasteiger partial charge in [-0.05, 0) is 51.3 Å². The Morgan fingerprint density at radius 2 is 1.89 bits per heavy atom. The van der Waals surface area contributed by atoms with E-state index in [4.69, 9.17) is 4.74 Å². The summed E-state index contributed by atoms with van der Waals surface area (Å²) in [5, 5.41) is 10.1. The summed E-state index contributed by atoms with van der Waals surface area (Å²) in [7, 11) is 1.60. The molecule has 0 spiro atoms. The van der Waals surface area contributed by atoms with Crippen LogP contribution in [0.4, 0.5) is 4.39 Å². The molecule has 2 rings (SSSR count). The monoisotopic (exact) mass is 324 g/mol. The summed E-state index contributed by atoms with van der Waals surface area (Å²) in [6.45, 7) is 0. The first-order chi connectivity index (χ1) is 9.10. The molecule has 0 bridgehead atoms. The minimum absolute atomic E-state index is 0.303. The molecule has 2 aromatic rings. The molecule has 0 aliphatic rings. The predicted octanol–water partition coefficient (Wildman–Crippen LogP) is 3.87. The first kappa shape index (κ1) is 14.0. The molecule has 0 fully saturated rings. The number of ether oxygens (including phenoxy) is 1. The summed E-state index contributed by atoms with van der Waals surface area (Å²) in [6, 6.07) is 12.0. The Balaban J connectivity index is 2.10. The maximum atomic E-state index is 13.1. The zero-order valence-electron chi connectivity index (χ0n) is 10.4. The first-order valence-electron chi connectivity index (χ1n) is 5.86. The number of aliphatic hydroxyl groups is 1. The van der Waals surface area contributed by atoms with E-state index in [2.05, 4.69) is 15.9 Å². The molecule has 0 amide bonds. The van der Waals surface area contributed by atoms with Crippen molar-refractivity contribution in [2.75, 3.05) is 7.11 Å². The van der Waals surface area contributed by atoms with Gasteiger partial charge in [-0.1, -0.05) is 18.2 Å². The van der Waals surface area contributed by atoms with Crippen molar-refractivity contribution < 1.29 is 14.2 Å². The van der Waals surface area contributed by atoms with E-state index in [-0.39, 0.29) is 5.82 Å². The van der Waals surface area contributed by atoms with Gasteiger partial charge < -0.3 is 9.84 Å². The summed E-state index contributed by atoms with van der Waals surface area (Å²) < 4.78 is 18.6. The van der Waals surface area contributed by atoms with Gasteiger partial charge in [0.25, 0.3) is 0 Å². The number of aliphatic hydroxyl groups excluding tert-OH is 1. The van der Waals surface area contributed by atoms with Gasteiger partial charge in [-0.25, -0.2) is 4.39 Å². The number of hydrogen-bond donors (Lipinski definition) is 1. The van der Waals surface area contributed by atoms with Gasteiger partial charge in [0.1, 0.15) is 11.6 Å². The third-order valence-electron chi connectivity index (χ3n) is 2.91. The fourth-order valence-corrected chi connectivity index (χ4v) is 2.26. The van der Waals surface area contributed by atoms with Gasteiger partial charge in [0, 0.05) is 6.42 Å². The third-order valence-corrected chi connectivity index (χ3v) is 3.52. The maximum absolute atomic E-state index is 13.1. The highest BCUT2D eigenvalue weighted by atomic mass is 79.9. The number of methoxy groups -OCH3 is 1. The molecule has 0 heterocycles. The molecular formula is C15H14BrFO2. The van der Waals surface area contributed by atoms with Crippen molar-refractivity contribution in [2.45, 2.75) is 12.5 Å². The lowest BCUT2D eigenvalue weighted by molar-refractivity contribution is 0.178. The number of hydrogen-bond acceptors (Lipinski definition) is 2. The van der Waals surface area contributed by atoms with Crippen LogP contribution in [-0.4, -0.2) is 12.2 Å². The molecule has 0 aliphatic carbocycles. The highest BCUT2D eigenvalue weighted by Gasteiger charge is 2.10. The van der Waals surface area contributed by atoms with Crippen LogP contribution in [0.5, 0.6) is 5.75 Å². The average Bonchev–Trinajstić information content (AvgIpc) is 2.43. The second-order valence-electron chi connectivity index (χ2n) is 4.24. The number of halogens is 2. The zero-order valence-corrected chi connectivity index (χ0v) is 12.0. The summed E-state index contributed by atoms with van der Waals surface area (Å²) >= 11 is 3.14. The van der Waals surface area contributed by atoms with Gasteiger partial charge in [0.2, 0.25) is 0 Å². The average molecular weight is 325 g/mol. The Kier molecular flexibility index (Phi) is 4.56. The Labute approximate surface area is 120 Å². The minimum Gasteiger partial charge on any atom is -0.497 e. The lowest BCUT2D eigenvalue weighted by Gasteiger charge is -2.12. The maximum Gasteiger partial charge on any atom is 0.137 e. The van der Waals surface area contributed by atoms with E-state index in [9.17, 15) is 9.50 Å². The highest BCUT2D eigenvalue weighted by Crippen LogP contribution is 2.23. The van der Waals surface area contributed by atoms with Gasteiger partial charge in [-0.15, -0.1) is 0 Å². The fraction of sp³-hybridized carbons (Fsp3) is 0.200. The molecule has 0 aromatic heterocycles. The van der Waals surface area contributed by atoms with Crippen molar-refractivity contribution in [3.05, 3.63) is 63.9 Å². The molecule has 0 saturated heterocycles. The van der Waals surface area contributed by atoms with Gasteiger partial charge in [-0.2, -0.15) is 0 Å². The van der Waals surface area contributed by atoms with Crippen molar-refractivity contribution in [2.24, 2.45) is 0 Å². The molecule has 1 unspecified atom stereocenters. The van der Waals surface area contributed by atoms with Gasteiger partial charge in [-0.3, -0.25) is 0 Å². The van der Waals surface area contributed by atoms with E-state index in [1.165, 1.54) is 6.07 Å². The third kappa shape index (κ3) is 3.55. The lowest BCUT2D eigenvalue weighted by atomic mass is 10.0. The topological polar surface area (TPSA) is 29.5 Å². The van der Waals surface area contributed by atoms with E-state index >= 15 is 0 Å². The van der Waals surface area contributed by atoms with Crippen LogP contribution in [0.1, 0.15) is 17.2 Å². The Morgan fingerprint density at radius 1 is 1.21 bits per heavy atom. The molecule has 2 nitrogen and oxygen atoms in total. The zero-order chi connectivity index (χ0) is 13.8. The van der Waals surface area contributed by atoms with E-state index in [1.807, 2.05) is 12.1 Å². The molecule has 0 saturated carbocycles. The van der Waals surface area contributed by atoms with Crippen LogP contribution >= 0.6 is 15.9 Å². The van der Waals surface area contributed by atoms with Gasteiger partial charge >= 0.3 is 0 Å². The minimum atomic E-state index is -0.622. The summed E-state index contributed by atoms with van der Waals surface area (Å²) in [5.74, 6) is 0.447. The van der Waals surface area contributed by atoms with Crippen molar-refractivity contribution in [1.82, 2.24) is 0 Å². The smallest absolute Gasteiger partial charge is 0.137 e. The fourth-order valence-electron chi connectivity index (χ4n) is 1.83. The number of benzene rings is 2. The Hall–Kier alpha value is -1.39. The molecule has 2 aromatic carbocycles. The molecule has 1 N–H and O–H groups in total. The first-order valence-corrected chi connectivity index (χ1v) is 6.65. The Bertz CT molecular complexity index is 555. The molecule has 19 heavy (non-hydrogen) atoms. The van der Waals surface area contributed by atoms with Crippen LogP contribution < -0.4 is 4.74 Å². The van der Waals surface area contributed by atoms with Crippen LogP contribution in [0.3, 0.4) is 0 Å². The van der Waals surface area contributed by atoms with Crippen LogP contribution in [0, 0.1) is 5.82 Å². The SMILES string of the molecule is COc1ccc(C(O)Cc2ccc(F)c(Br)c2)cc1. The van der Waals surface area contributed by atoms with E-state index < -0.39 is 6.10 Å². The second kappa shape index (κ2) is 6.17. The lowest BCUT2D eigenvalue weighted by Crippen LogP contribution is -2.02. The van der Waals surface area contributed by atoms with E-state index in [0.717, 1.165) is 16.9 Å². The van der Waals surface area contributed by atoms with Gasteiger partial charge in [0.15, 0.2) is 0 Å². The quantitative estimate of drug-likeness (QED) is 0.925. The van der Waals surface area contributed by atoms with Crippen LogP contribution in [-0.2, 0) is 6.42 Å². The van der Waals surface area contributed by atoms with E-state index in [1.54, 1.807) is 31.4 Å². The summed E-state index contributed by atoms with van der Waals surface area (Å²) in [5.41, 5.74) is 1.68. The molecular weight excluding hydrogens is 311 g/mol. The molecule has 0 radical (unpaired) electrons. The highest BCUT2D eigenvalue weighted by molar-refractivity contribution is 9.10. The predicted molar refractivity (Wildman–Crippen MR) is 75.8 cm³/mol. The van der Waals surface area contributed by atoms with Crippen molar-refractivity contribution in [3.63, 3.8) is 0 Å². The van der Waals surface area contributed by atoms with E-state index in [0.29, 0.717) is 10.9 Å². The molecule has 100 valence electrons. The summed E-state index contributed by atoms with van der Waals surface area (Å²) in [4.78, 5) is 0. The summed E-state index contributed by atoms with van der Waals surface area (Å²) in [6.07, 6.45) is -0.186. The van der Waals surface area contributed by atoms with Crippen molar-refractivity contribution >= 4 is 15.9 Å². The van der Waals surface area contributed by atoms with Gasteiger partial charge in [0.05, 0.1) is 17.7 Å². The molecule has 0 aliphatic heterocycles. The molecule has 1 atom stereocenters. The Morgan fingerprint density at radius 3 is 2.47 bits per heavy atom. The van der Waals surface area contributed by atoms with Crippen molar-refractivity contribution in [3.8, 4) is 5.75 Å².